The van der Waals surface area contributed by atoms with Gasteiger partial charge in [0, 0.05) is 18.3 Å². The summed E-state index contributed by atoms with van der Waals surface area (Å²) in [5, 5.41) is 19.3. The number of pyridine rings is 1. The largest absolute Gasteiger partial charge is 0.486 e. The number of anilines is 2. The van der Waals surface area contributed by atoms with Crippen molar-refractivity contribution in [1.82, 2.24) is 44.1 Å². The molecule has 0 bridgehead atoms. The number of benzene rings is 2. The molecule has 4 aromatic heterocycles. The van der Waals surface area contributed by atoms with Gasteiger partial charge in [0.15, 0.2) is 23.1 Å². The predicted octanol–water partition coefficient (Wildman–Crippen LogP) is 4.74. The summed E-state index contributed by atoms with van der Waals surface area (Å²) in [6, 6.07) is 14.9. The molecule has 3 N–H and O–H groups in total. The zero-order chi connectivity index (χ0) is 32.8. The Morgan fingerprint density at radius 3 is 2.23 bits per heavy atom. The number of rotatable bonds is 4. The van der Waals surface area contributed by atoms with E-state index in [1.54, 1.807) is 31.2 Å². The lowest BCUT2D eigenvalue weighted by molar-refractivity contribution is 0.102. The van der Waals surface area contributed by atoms with Gasteiger partial charge in [-0.05, 0) is 63.1 Å². The molecule has 6 aromatic rings. The molecule has 0 saturated heterocycles. The Bertz CT molecular complexity index is 2130. The van der Waals surface area contributed by atoms with Gasteiger partial charge in [-0.1, -0.05) is 12.1 Å². The quantitative estimate of drug-likeness (QED) is 0.256. The van der Waals surface area contributed by atoms with Crippen molar-refractivity contribution in [2.24, 2.45) is 0 Å². The molecule has 0 spiro atoms. The van der Waals surface area contributed by atoms with Crippen molar-refractivity contribution < 1.29 is 14.3 Å². The summed E-state index contributed by atoms with van der Waals surface area (Å²) in [7, 11) is 0. The van der Waals surface area contributed by atoms with Crippen LogP contribution in [-0.2, 0) is 13.1 Å². The highest BCUT2D eigenvalue weighted by atomic mass is 16.5. The van der Waals surface area contributed by atoms with E-state index in [-0.39, 0.29) is 18.1 Å². The number of carbonyl (C=O) groups is 1. The maximum absolute atomic E-state index is 13.1. The second-order valence-electron chi connectivity index (χ2n) is 12.2. The number of hydrogen-bond donors (Lipinski definition) is 2. The van der Waals surface area contributed by atoms with Crippen LogP contribution in [0.3, 0.4) is 0 Å². The predicted molar refractivity (Wildman–Crippen MR) is 177 cm³/mol. The summed E-state index contributed by atoms with van der Waals surface area (Å²) in [6.45, 7) is 5.34. The molecule has 1 aliphatic carbocycles. The molecule has 9 rings (SSSR count). The van der Waals surface area contributed by atoms with Gasteiger partial charge >= 0.3 is 0 Å². The van der Waals surface area contributed by atoms with Gasteiger partial charge in [0.25, 0.3) is 5.91 Å². The lowest BCUT2D eigenvalue weighted by Crippen LogP contribution is -2.19. The van der Waals surface area contributed by atoms with E-state index in [1.807, 2.05) is 76.2 Å². The number of amides is 1. The van der Waals surface area contributed by atoms with Crippen LogP contribution in [-0.4, -0.2) is 62.2 Å². The van der Waals surface area contributed by atoms with Crippen LogP contribution in [0.5, 0.6) is 11.5 Å². The number of para-hydroxylation sites is 2. The smallest absolute Gasteiger partial charge is 0.274 e. The summed E-state index contributed by atoms with van der Waals surface area (Å²) in [5.74, 6) is 3.08. The first-order valence-electron chi connectivity index (χ1n) is 15.8. The topological polar surface area (TPSA) is 166 Å². The van der Waals surface area contributed by atoms with Gasteiger partial charge in [-0.2, -0.15) is 0 Å². The fraction of sp³-hybridized carbons (Fsp3) is 0.265. The summed E-state index contributed by atoms with van der Waals surface area (Å²) < 4.78 is 17.8. The van der Waals surface area contributed by atoms with E-state index in [0.717, 1.165) is 34.9 Å². The van der Waals surface area contributed by atoms with Crippen LogP contribution in [0.2, 0.25) is 0 Å². The van der Waals surface area contributed by atoms with Crippen LogP contribution in [0, 0.1) is 0 Å². The van der Waals surface area contributed by atoms with Gasteiger partial charge < -0.3 is 34.2 Å². The minimum atomic E-state index is -0.315. The molecule has 2 atom stereocenters. The molecule has 2 aliphatic heterocycles. The molecule has 0 radical (unpaired) electrons. The van der Waals surface area contributed by atoms with Gasteiger partial charge in [0.1, 0.15) is 30.6 Å². The van der Waals surface area contributed by atoms with Crippen molar-refractivity contribution in [2.45, 2.75) is 57.9 Å². The van der Waals surface area contributed by atoms with E-state index < -0.39 is 0 Å². The molecule has 1 fully saturated rings. The number of fused-ring (bicyclic) bond motifs is 6. The average Bonchev–Trinajstić information content (AvgIpc) is 3.46. The van der Waals surface area contributed by atoms with Crippen LogP contribution in [0.4, 0.5) is 11.4 Å². The van der Waals surface area contributed by atoms with Gasteiger partial charge in [0.2, 0.25) is 0 Å². The number of ether oxygens (including phenoxy) is 2. The third-order valence-electron chi connectivity index (χ3n) is 8.44. The molecule has 14 nitrogen and oxygen atoms in total. The molecule has 6 heterocycles. The minimum absolute atomic E-state index is 0.0562. The van der Waals surface area contributed by atoms with Gasteiger partial charge in [0.05, 0.1) is 53.3 Å². The second-order valence-corrected chi connectivity index (χ2v) is 12.2. The van der Waals surface area contributed by atoms with Crippen LogP contribution in [0.15, 0.2) is 79.9 Å². The van der Waals surface area contributed by atoms with Gasteiger partial charge in [-0.25, -0.2) is 4.98 Å². The van der Waals surface area contributed by atoms with Crippen LogP contribution >= 0.6 is 0 Å². The highest BCUT2D eigenvalue weighted by Gasteiger charge is 2.27. The van der Waals surface area contributed by atoms with Crippen LogP contribution in [0.1, 0.15) is 48.8 Å². The zero-order valence-electron chi connectivity index (χ0n) is 26.4. The molecule has 14 heteroatoms. The first-order chi connectivity index (χ1) is 23.4. The summed E-state index contributed by atoms with van der Waals surface area (Å²) in [6.07, 6.45) is 11.2. The number of nitrogen functional groups attached to an aromatic ring is 1. The van der Waals surface area contributed by atoms with Crippen LogP contribution < -0.4 is 20.5 Å². The van der Waals surface area contributed by atoms with Crippen molar-refractivity contribution in [3.63, 3.8) is 0 Å². The lowest BCUT2D eigenvalue weighted by atomic mass is 10.1. The Labute approximate surface area is 275 Å². The number of imidazole rings is 1. The molecular formula is C34H33N11O3. The van der Waals surface area contributed by atoms with E-state index in [0.29, 0.717) is 46.9 Å². The Morgan fingerprint density at radius 2 is 1.52 bits per heavy atom. The Hall–Kier alpha value is -6.05. The van der Waals surface area contributed by atoms with E-state index in [2.05, 4.69) is 35.7 Å². The highest BCUT2D eigenvalue weighted by Crippen LogP contribution is 2.40. The molecule has 1 saturated carbocycles. The first kappa shape index (κ1) is 29.4. The molecule has 242 valence electrons. The maximum Gasteiger partial charge on any atom is 0.274 e. The fourth-order valence-electron chi connectivity index (χ4n) is 5.99. The Balaban J connectivity index is 0.000000176. The number of aromatic nitrogens is 9. The molecule has 3 aliphatic rings. The SMILES string of the molecule is C[C@@H]1Cn2cnnc2-c2cccc(N)c2O1.C[C@@H]1Cn2cnnc2-c2cccc(NC(=O)c3cc(-n4cnc(C5CC5)c4)ccn3)c2O1. The van der Waals surface area contributed by atoms with E-state index in [1.165, 1.54) is 12.8 Å². The van der Waals surface area contributed by atoms with Crippen molar-refractivity contribution in [3.05, 3.63) is 91.3 Å². The molecule has 2 aromatic carbocycles. The second kappa shape index (κ2) is 12.0. The van der Waals surface area contributed by atoms with Crippen molar-refractivity contribution >= 4 is 17.3 Å². The van der Waals surface area contributed by atoms with Crippen molar-refractivity contribution in [2.75, 3.05) is 11.1 Å². The van der Waals surface area contributed by atoms with Crippen molar-refractivity contribution in [3.8, 4) is 40.0 Å². The monoisotopic (exact) mass is 643 g/mol. The standard InChI is InChI=1S/C23H21N7O2.C11H12N4O/c1-14-10-30-13-26-28-22(30)17-3-2-4-18(21(17)32-14)27-23(31)19-9-16(7-8-24-19)29-11-20(25-12-29)15-5-6-15;1-7-5-15-6-13-14-11(15)8-3-2-4-9(12)10(8)16-7/h2-4,7-9,11-15H,5-6,10H2,1H3,(H,27,31);2-4,6-7H,5,12H2,1H3/t14-;7-/m11/s1. The average molecular weight is 644 g/mol. The normalized spacial score (nSPS) is 17.5. The van der Waals surface area contributed by atoms with Crippen molar-refractivity contribution in [1.29, 1.82) is 0 Å². The molecule has 0 unspecified atom stereocenters. The number of nitrogens with one attached hydrogen (secondary N) is 1. The Morgan fingerprint density at radius 1 is 0.854 bits per heavy atom. The van der Waals surface area contributed by atoms with E-state index >= 15 is 0 Å². The molecule has 1 amide bonds. The molecule has 48 heavy (non-hydrogen) atoms. The van der Waals surface area contributed by atoms with E-state index in [9.17, 15) is 4.79 Å². The lowest BCUT2D eigenvalue weighted by Gasteiger charge is -2.16. The zero-order valence-corrected chi connectivity index (χ0v) is 26.4. The van der Waals surface area contributed by atoms with Gasteiger partial charge in [-0.15, -0.1) is 20.4 Å². The summed E-state index contributed by atoms with van der Waals surface area (Å²) in [4.78, 5) is 21.8. The summed E-state index contributed by atoms with van der Waals surface area (Å²) in [5.41, 5.74) is 11.1. The van der Waals surface area contributed by atoms with E-state index in [4.69, 9.17) is 15.2 Å². The number of nitrogens with two attached hydrogens (primary N) is 1. The third kappa shape index (κ3) is 5.61. The fourth-order valence-corrected chi connectivity index (χ4v) is 5.99. The van der Waals surface area contributed by atoms with Crippen LogP contribution in [0.25, 0.3) is 28.5 Å². The first-order valence-corrected chi connectivity index (χ1v) is 15.8. The maximum atomic E-state index is 13.1. The minimum Gasteiger partial charge on any atom is -0.486 e. The summed E-state index contributed by atoms with van der Waals surface area (Å²) >= 11 is 0. The molecular weight excluding hydrogens is 610 g/mol. The number of hydrogen-bond acceptors (Lipinski definition) is 10. The highest BCUT2D eigenvalue weighted by molar-refractivity contribution is 6.04. The third-order valence-corrected chi connectivity index (χ3v) is 8.44. The Kier molecular flexibility index (Phi) is 7.31. The number of nitrogens with zero attached hydrogens (tertiary/aromatic N) is 9. The van der Waals surface area contributed by atoms with Gasteiger partial charge in [-0.3, -0.25) is 9.78 Å². The number of carbonyl (C=O) groups excluding carboxylic acids is 1.